The summed E-state index contributed by atoms with van der Waals surface area (Å²) in [4.78, 5) is 11.7. The minimum Gasteiger partial charge on any atom is -0.316 e. The number of Topliss-reactive ketones (excluding diaryl/α,β-unsaturated/α-hetero) is 1. The summed E-state index contributed by atoms with van der Waals surface area (Å²) in [6, 6.07) is 0. The molecule has 0 bridgehead atoms. The van der Waals surface area contributed by atoms with Gasteiger partial charge < -0.3 is 5.32 Å². The predicted octanol–water partition coefficient (Wildman–Crippen LogP) is 2.38. The van der Waals surface area contributed by atoms with Gasteiger partial charge in [0.15, 0.2) is 0 Å². The summed E-state index contributed by atoms with van der Waals surface area (Å²) in [6.07, 6.45) is 7.36. The molecule has 1 aliphatic heterocycles. The SMILES string of the molecule is CC1CCC(CC2CNCCC2=O)CC1. The van der Waals surface area contributed by atoms with E-state index in [0.29, 0.717) is 11.7 Å². The summed E-state index contributed by atoms with van der Waals surface area (Å²) >= 11 is 0. The zero-order valence-electron chi connectivity index (χ0n) is 9.80. The molecule has 15 heavy (non-hydrogen) atoms. The van der Waals surface area contributed by atoms with E-state index in [1.807, 2.05) is 0 Å². The largest absolute Gasteiger partial charge is 0.316 e. The van der Waals surface area contributed by atoms with Crippen LogP contribution < -0.4 is 5.32 Å². The molecule has 86 valence electrons. The van der Waals surface area contributed by atoms with Crippen LogP contribution in [0, 0.1) is 17.8 Å². The first kappa shape index (κ1) is 11.1. The molecule has 2 aliphatic rings. The molecule has 1 atom stereocenters. The molecule has 0 radical (unpaired) electrons. The van der Waals surface area contributed by atoms with Crippen molar-refractivity contribution < 1.29 is 4.79 Å². The Hall–Kier alpha value is -0.370. The zero-order valence-corrected chi connectivity index (χ0v) is 9.80. The van der Waals surface area contributed by atoms with Crippen molar-refractivity contribution in [3.05, 3.63) is 0 Å². The van der Waals surface area contributed by atoms with Crippen LogP contribution in [0.15, 0.2) is 0 Å². The van der Waals surface area contributed by atoms with E-state index < -0.39 is 0 Å². The maximum absolute atomic E-state index is 11.7. The van der Waals surface area contributed by atoms with E-state index in [4.69, 9.17) is 0 Å². The van der Waals surface area contributed by atoms with Crippen LogP contribution in [0.25, 0.3) is 0 Å². The number of rotatable bonds is 2. The highest BCUT2D eigenvalue weighted by molar-refractivity contribution is 5.82. The van der Waals surface area contributed by atoms with Crippen molar-refractivity contribution in [1.82, 2.24) is 5.32 Å². The molecular weight excluding hydrogens is 186 g/mol. The maximum atomic E-state index is 11.7. The van der Waals surface area contributed by atoms with Gasteiger partial charge in [-0.3, -0.25) is 4.79 Å². The zero-order chi connectivity index (χ0) is 10.7. The van der Waals surface area contributed by atoms with E-state index in [1.54, 1.807) is 0 Å². The quantitative estimate of drug-likeness (QED) is 0.756. The van der Waals surface area contributed by atoms with Crippen molar-refractivity contribution in [2.75, 3.05) is 13.1 Å². The summed E-state index contributed by atoms with van der Waals surface area (Å²) in [7, 11) is 0. The second-order valence-corrected chi connectivity index (χ2v) is 5.48. The molecule has 2 fully saturated rings. The van der Waals surface area contributed by atoms with Crippen molar-refractivity contribution in [2.45, 2.75) is 45.4 Å². The van der Waals surface area contributed by atoms with Crippen LogP contribution in [0.3, 0.4) is 0 Å². The molecule has 1 N–H and O–H groups in total. The third kappa shape index (κ3) is 3.04. The monoisotopic (exact) mass is 209 g/mol. The van der Waals surface area contributed by atoms with E-state index in [9.17, 15) is 4.79 Å². The Morgan fingerprint density at radius 1 is 1.27 bits per heavy atom. The van der Waals surface area contributed by atoms with Crippen molar-refractivity contribution >= 4 is 5.78 Å². The molecule has 1 unspecified atom stereocenters. The molecule has 2 nitrogen and oxygen atoms in total. The summed E-state index contributed by atoms with van der Waals surface area (Å²) in [6.45, 7) is 4.19. The van der Waals surface area contributed by atoms with Crippen molar-refractivity contribution in [3.8, 4) is 0 Å². The standard InChI is InChI=1S/C13H23NO/c1-10-2-4-11(5-3-10)8-12-9-14-7-6-13(12)15/h10-12,14H,2-9H2,1H3. The molecule has 0 amide bonds. The molecule has 2 rings (SSSR count). The van der Waals surface area contributed by atoms with E-state index >= 15 is 0 Å². The molecular formula is C13H23NO. The second kappa shape index (κ2) is 5.11. The van der Waals surface area contributed by atoms with Crippen LogP contribution >= 0.6 is 0 Å². The Morgan fingerprint density at radius 3 is 2.67 bits per heavy atom. The van der Waals surface area contributed by atoms with Gasteiger partial charge in [-0.25, -0.2) is 0 Å². The van der Waals surface area contributed by atoms with Gasteiger partial charge in [-0.2, -0.15) is 0 Å². The van der Waals surface area contributed by atoms with Crippen molar-refractivity contribution in [1.29, 1.82) is 0 Å². The average molecular weight is 209 g/mol. The molecule has 2 heteroatoms. The number of hydrogen-bond donors (Lipinski definition) is 1. The number of ketones is 1. The van der Waals surface area contributed by atoms with Gasteiger partial charge in [-0.05, 0) is 18.3 Å². The van der Waals surface area contributed by atoms with Gasteiger partial charge in [0, 0.05) is 25.4 Å². The van der Waals surface area contributed by atoms with Gasteiger partial charge in [0.2, 0.25) is 0 Å². The van der Waals surface area contributed by atoms with Gasteiger partial charge >= 0.3 is 0 Å². The van der Waals surface area contributed by atoms with Crippen LogP contribution in [-0.4, -0.2) is 18.9 Å². The topological polar surface area (TPSA) is 29.1 Å². The van der Waals surface area contributed by atoms with Gasteiger partial charge in [-0.15, -0.1) is 0 Å². The number of piperidine rings is 1. The minimum atomic E-state index is 0.331. The van der Waals surface area contributed by atoms with Crippen LogP contribution in [0.2, 0.25) is 0 Å². The highest BCUT2D eigenvalue weighted by Gasteiger charge is 2.27. The lowest BCUT2D eigenvalue weighted by Crippen LogP contribution is -2.38. The van der Waals surface area contributed by atoms with Crippen molar-refractivity contribution in [3.63, 3.8) is 0 Å². The number of carbonyl (C=O) groups excluding carboxylic acids is 1. The molecule has 1 heterocycles. The van der Waals surface area contributed by atoms with Gasteiger partial charge in [0.25, 0.3) is 0 Å². The third-order valence-corrected chi connectivity index (χ3v) is 4.15. The van der Waals surface area contributed by atoms with Crippen LogP contribution in [0.4, 0.5) is 0 Å². The fourth-order valence-corrected chi connectivity index (χ4v) is 2.99. The average Bonchev–Trinajstić information content (AvgIpc) is 2.25. The van der Waals surface area contributed by atoms with E-state index in [0.717, 1.165) is 37.8 Å². The molecule has 0 aromatic heterocycles. The first-order valence-corrected chi connectivity index (χ1v) is 6.49. The molecule has 0 spiro atoms. The highest BCUT2D eigenvalue weighted by Crippen LogP contribution is 2.33. The highest BCUT2D eigenvalue weighted by atomic mass is 16.1. The lowest BCUT2D eigenvalue weighted by Gasteiger charge is -2.30. The Kier molecular flexibility index (Phi) is 3.79. The minimum absolute atomic E-state index is 0.331. The van der Waals surface area contributed by atoms with E-state index in [-0.39, 0.29) is 0 Å². The van der Waals surface area contributed by atoms with E-state index in [2.05, 4.69) is 12.2 Å². The molecule has 1 saturated carbocycles. The maximum Gasteiger partial charge on any atom is 0.138 e. The first-order chi connectivity index (χ1) is 7.25. The third-order valence-electron chi connectivity index (χ3n) is 4.15. The molecule has 1 aliphatic carbocycles. The predicted molar refractivity (Wildman–Crippen MR) is 61.7 cm³/mol. The Labute approximate surface area is 92.8 Å². The number of hydrogen-bond acceptors (Lipinski definition) is 2. The molecule has 1 saturated heterocycles. The lowest BCUT2D eigenvalue weighted by molar-refractivity contribution is -0.124. The van der Waals surface area contributed by atoms with E-state index in [1.165, 1.54) is 25.7 Å². The molecule has 0 aromatic rings. The smallest absolute Gasteiger partial charge is 0.138 e. The number of nitrogens with one attached hydrogen (secondary N) is 1. The second-order valence-electron chi connectivity index (χ2n) is 5.48. The Bertz CT molecular complexity index is 219. The van der Waals surface area contributed by atoms with Crippen LogP contribution in [0.5, 0.6) is 0 Å². The summed E-state index contributed by atoms with van der Waals surface area (Å²) in [5, 5.41) is 3.34. The van der Waals surface area contributed by atoms with Crippen LogP contribution in [0.1, 0.15) is 45.4 Å². The summed E-state index contributed by atoms with van der Waals surface area (Å²) in [5.41, 5.74) is 0. The Balaban J connectivity index is 1.78. The fourth-order valence-electron chi connectivity index (χ4n) is 2.99. The van der Waals surface area contributed by atoms with Gasteiger partial charge in [0.1, 0.15) is 5.78 Å². The summed E-state index contributed by atoms with van der Waals surface area (Å²) < 4.78 is 0. The lowest BCUT2D eigenvalue weighted by atomic mass is 9.77. The first-order valence-electron chi connectivity index (χ1n) is 6.49. The van der Waals surface area contributed by atoms with Gasteiger partial charge in [-0.1, -0.05) is 32.6 Å². The van der Waals surface area contributed by atoms with Crippen LogP contribution in [-0.2, 0) is 4.79 Å². The normalized spacial score (nSPS) is 37.9. The number of carbonyl (C=O) groups is 1. The molecule has 0 aromatic carbocycles. The fraction of sp³-hybridized carbons (Fsp3) is 0.923. The van der Waals surface area contributed by atoms with Gasteiger partial charge in [0.05, 0.1) is 0 Å². The Morgan fingerprint density at radius 2 is 2.00 bits per heavy atom. The summed E-state index contributed by atoms with van der Waals surface area (Å²) in [5.74, 6) is 2.58. The van der Waals surface area contributed by atoms with Crippen molar-refractivity contribution in [2.24, 2.45) is 17.8 Å².